The fraction of sp³-hybridized carbons (Fsp3) is 0.0667. The van der Waals surface area contributed by atoms with Gasteiger partial charge in [0.2, 0.25) is 0 Å². The van der Waals surface area contributed by atoms with E-state index in [0.717, 1.165) is 16.8 Å². The van der Waals surface area contributed by atoms with Crippen LogP contribution in [0.5, 0.6) is 0 Å². The van der Waals surface area contributed by atoms with Crippen molar-refractivity contribution < 1.29 is 18.0 Å². The van der Waals surface area contributed by atoms with Crippen LogP contribution in [0, 0.1) is 0 Å². The Kier molecular flexibility index (Phi) is 4.64. The molecule has 134 valence electrons. The molecule has 0 spiro atoms. The number of benzene rings is 2. The van der Waals surface area contributed by atoms with Crippen molar-refractivity contribution in [1.29, 1.82) is 0 Å². The number of nitrogens with one attached hydrogen (secondary N) is 2. The summed E-state index contributed by atoms with van der Waals surface area (Å²) in [7, 11) is 0. The molecule has 3 aromatic rings. The van der Waals surface area contributed by atoms with E-state index in [0.29, 0.717) is 11.4 Å². The fourth-order valence-corrected chi connectivity index (χ4v) is 2.61. The summed E-state index contributed by atoms with van der Waals surface area (Å²) in [6.07, 6.45) is -4.58. The predicted molar refractivity (Wildman–Crippen MR) is 89.1 cm³/mol. The minimum absolute atomic E-state index is 0.141. The van der Waals surface area contributed by atoms with Crippen molar-refractivity contribution in [3.8, 4) is 5.69 Å². The first kappa shape index (κ1) is 17.9. The van der Waals surface area contributed by atoms with Gasteiger partial charge in [-0.2, -0.15) is 17.9 Å². The number of hydrogen-bond donors (Lipinski definition) is 2. The number of alkyl halides is 3. The molecule has 2 N–H and O–H groups in total. The van der Waals surface area contributed by atoms with Gasteiger partial charge in [-0.1, -0.05) is 15.9 Å². The molecule has 2 aromatic carbocycles. The molecule has 0 aliphatic rings. The topological polar surface area (TPSA) is 92.7 Å². The first-order chi connectivity index (χ1) is 12.3. The average Bonchev–Trinajstić information content (AvgIpc) is 3.01. The van der Waals surface area contributed by atoms with Crippen molar-refractivity contribution in [2.24, 2.45) is 0 Å². The van der Waals surface area contributed by atoms with Crippen LogP contribution in [0.1, 0.15) is 15.9 Å². The van der Waals surface area contributed by atoms with Crippen LogP contribution in [0.2, 0.25) is 0 Å². The monoisotopic (exact) mass is 427 g/mol. The third-order valence-corrected chi connectivity index (χ3v) is 4.07. The normalized spacial score (nSPS) is 11.4. The lowest BCUT2D eigenvalue weighted by molar-refractivity contribution is -0.138. The van der Waals surface area contributed by atoms with E-state index >= 15 is 0 Å². The van der Waals surface area contributed by atoms with Gasteiger partial charge in [-0.05, 0) is 52.9 Å². The van der Waals surface area contributed by atoms with Crippen LogP contribution in [0.4, 0.5) is 18.9 Å². The highest BCUT2D eigenvalue weighted by molar-refractivity contribution is 9.10. The zero-order chi connectivity index (χ0) is 18.9. The third-order valence-electron chi connectivity index (χ3n) is 3.38. The van der Waals surface area contributed by atoms with Crippen LogP contribution >= 0.6 is 15.9 Å². The minimum Gasteiger partial charge on any atom is -0.322 e. The molecule has 1 aromatic heterocycles. The van der Waals surface area contributed by atoms with Crippen molar-refractivity contribution >= 4 is 27.5 Å². The van der Waals surface area contributed by atoms with Gasteiger partial charge in [0.25, 0.3) is 5.91 Å². The molecule has 0 saturated heterocycles. The first-order valence-electron chi connectivity index (χ1n) is 7.04. The second-order valence-corrected chi connectivity index (χ2v) is 5.97. The predicted octanol–water partition coefficient (Wildman–Crippen LogP) is 2.99. The smallest absolute Gasteiger partial charge is 0.322 e. The van der Waals surface area contributed by atoms with E-state index in [4.69, 9.17) is 0 Å². The number of tetrazole rings is 1. The van der Waals surface area contributed by atoms with E-state index in [1.807, 2.05) is 0 Å². The minimum atomic E-state index is -4.58. The number of aromatic amines is 1. The van der Waals surface area contributed by atoms with E-state index in [2.05, 4.69) is 36.8 Å². The average molecular weight is 428 g/mol. The number of amides is 1. The molecular weight excluding hydrogens is 419 g/mol. The molecule has 0 saturated carbocycles. The van der Waals surface area contributed by atoms with Crippen molar-refractivity contribution in [3.05, 3.63) is 68.5 Å². The van der Waals surface area contributed by atoms with Crippen LogP contribution in [0.15, 0.2) is 51.7 Å². The van der Waals surface area contributed by atoms with Gasteiger partial charge in [-0.15, -0.1) is 0 Å². The molecule has 0 fully saturated rings. The summed E-state index contributed by atoms with van der Waals surface area (Å²) in [5.41, 5.74) is -0.865. The molecular formula is C15H9BrF3N5O2. The van der Waals surface area contributed by atoms with E-state index in [9.17, 15) is 22.8 Å². The van der Waals surface area contributed by atoms with Crippen LogP contribution in [-0.4, -0.2) is 26.1 Å². The van der Waals surface area contributed by atoms with Crippen LogP contribution < -0.4 is 11.0 Å². The lowest BCUT2D eigenvalue weighted by Crippen LogP contribution is -2.16. The highest BCUT2D eigenvalue weighted by Gasteiger charge is 2.33. The number of hydrogen-bond acceptors (Lipinski definition) is 4. The lowest BCUT2D eigenvalue weighted by Gasteiger charge is -2.11. The first-order valence-corrected chi connectivity index (χ1v) is 7.84. The molecule has 26 heavy (non-hydrogen) atoms. The number of halogens is 4. The van der Waals surface area contributed by atoms with Gasteiger partial charge < -0.3 is 5.32 Å². The summed E-state index contributed by atoms with van der Waals surface area (Å²) < 4.78 is 39.6. The van der Waals surface area contributed by atoms with Gasteiger partial charge in [0.05, 0.1) is 11.3 Å². The highest BCUT2D eigenvalue weighted by Crippen LogP contribution is 2.35. The summed E-state index contributed by atoms with van der Waals surface area (Å²) in [5.74, 6) is -0.700. The number of anilines is 1. The van der Waals surface area contributed by atoms with E-state index in [1.165, 1.54) is 30.3 Å². The number of carbonyl (C=O) groups is 1. The zero-order valence-electron chi connectivity index (χ0n) is 12.7. The van der Waals surface area contributed by atoms with Crippen LogP contribution in [0.3, 0.4) is 0 Å². The van der Waals surface area contributed by atoms with Gasteiger partial charge in [-0.3, -0.25) is 4.79 Å². The maximum Gasteiger partial charge on any atom is 0.417 e. The molecule has 0 aliphatic carbocycles. The quantitative estimate of drug-likeness (QED) is 0.671. The molecule has 1 amide bonds. The zero-order valence-corrected chi connectivity index (χ0v) is 14.3. The van der Waals surface area contributed by atoms with Gasteiger partial charge in [-0.25, -0.2) is 9.89 Å². The summed E-state index contributed by atoms with van der Waals surface area (Å²) in [6.45, 7) is 0. The van der Waals surface area contributed by atoms with Crippen molar-refractivity contribution in [2.45, 2.75) is 6.18 Å². The number of H-pyrrole nitrogens is 1. The number of nitrogens with zero attached hydrogens (tertiary/aromatic N) is 3. The molecule has 3 rings (SSSR count). The number of carbonyl (C=O) groups excluding carboxylic acids is 1. The number of rotatable bonds is 3. The lowest BCUT2D eigenvalue weighted by atomic mass is 10.1. The van der Waals surface area contributed by atoms with Crippen molar-refractivity contribution in [3.63, 3.8) is 0 Å². The molecule has 0 bridgehead atoms. The molecule has 0 radical (unpaired) electrons. The summed E-state index contributed by atoms with van der Waals surface area (Å²) >= 11 is 2.82. The Balaban J connectivity index is 1.80. The Bertz CT molecular complexity index is 1010. The highest BCUT2D eigenvalue weighted by atomic mass is 79.9. The van der Waals surface area contributed by atoms with Gasteiger partial charge >= 0.3 is 11.9 Å². The van der Waals surface area contributed by atoms with Gasteiger partial charge in [0.1, 0.15) is 0 Å². The van der Waals surface area contributed by atoms with E-state index in [-0.39, 0.29) is 10.0 Å². The van der Waals surface area contributed by atoms with Crippen LogP contribution in [-0.2, 0) is 6.18 Å². The van der Waals surface area contributed by atoms with Crippen molar-refractivity contribution in [2.75, 3.05) is 5.32 Å². The third kappa shape index (κ3) is 3.67. The second kappa shape index (κ2) is 6.75. The molecule has 0 aliphatic heterocycles. The largest absolute Gasteiger partial charge is 0.417 e. The molecule has 0 unspecified atom stereocenters. The van der Waals surface area contributed by atoms with E-state index < -0.39 is 23.3 Å². The van der Waals surface area contributed by atoms with Gasteiger partial charge in [0.15, 0.2) is 0 Å². The fourth-order valence-electron chi connectivity index (χ4n) is 2.14. The van der Waals surface area contributed by atoms with Gasteiger partial charge in [0, 0.05) is 15.7 Å². The van der Waals surface area contributed by atoms with E-state index in [1.54, 1.807) is 0 Å². The number of aromatic nitrogens is 4. The SMILES string of the molecule is O=C(Nc1ccc(-n2nn[nH]c2=O)cc1)c1ccc(Br)c(C(F)(F)F)c1. The molecule has 1 heterocycles. The summed E-state index contributed by atoms with van der Waals surface area (Å²) in [6, 6.07) is 9.18. The Morgan fingerprint density at radius 2 is 1.85 bits per heavy atom. The Labute approximate surface area is 151 Å². The Morgan fingerprint density at radius 1 is 1.15 bits per heavy atom. The molecule has 11 heteroatoms. The Morgan fingerprint density at radius 3 is 2.42 bits per heavy atom. The van der Waals surface area contributed by atoms with Crippen LogP contribution in [0.25, 0.3) is 5.69 Å². The maximum atomic E-state index is 12.9. The molecule has 0 atom stereocenters. The standard InChI is InChI=1S/C15H9BrF3N5O2/c16-12-6-1-8(7-11(12)15(17,18)19)13(25)20-9-2-4-10(5-3-9)24-14(26)21-22-23-24/h1-7H,(H,20,25)(H,21,23,26). The Hall–Kier alpha value is -2.95. The second-order valence-electron chi connectivity index (χ2n) is 5.11. The van der Waals surface area contributed by atoms with Crippen molar-refractivity contribution in [1.82, 2.24) is 20.2 Å². The maximum absolute atomic E-state index is 12.9. The summed E-state index contributed by atoms with van der Waals surface area (Å²) in [4.78, 5) is 23.6. The summed E-state index contributed by atoms with van der Waals surface area (Å²) in [5, 5.41) is 11.5. The molecule has 7 nitrogen and oxygen atoms in total.